The van der Waals surface area contributed by atoms with E-state index in [-0.39, 0.29) is 6.10 Å². The van der Waals surface area contributed by atoms with E-state index in [1.807, 2.05) is 48.5 Å². The zero-order chi connectivity index (χ0) is 17.5. The van der Waals surface area contributed by atoms with E-state index in [4.69, 9.17) is 14.2 Å². The Bertz CT molecular complexity index is 1090. The van der Waals surface area contributed by atoms with Gasteiger partial charge >= 0.3 is 0 Å². The molecule has 3 heterocycles. The first kappa shape index (κ1) is 15.2. The molecule has 0 N–H and O–H groups in total. The monoisotopic (exact) mass is 366 g/mol. The zero-order valence-corrected chi connectivity index (χ0v) is 14.6. The van der Waals surface area contributed by atoms with Crippen LogP contribution < -0.4 is 14.2 Å². The summed E-state index contributed by atoms with van der Waals surface area (Å²) < 4.78 is 19.0. The van der Waals surface area contributed by atoms with E-state index in [9.17, 15) is 0 Å². The fourth-order valence-electron chi connectivity index (χ4n) is 2.90. The third-order valence-corrected chi connectivity index (χ3v) is 5.13. The van der Waals surface area contributed by atoms with Crippen LogP contribution in [0, 0.1) is 0 Å². The van der Waals surface area contributed by atoms with Crippen molar-refractivity contribution in [2.75, 3.05) is 13.7 Å². The van der Waals surface area contributed by atoms with Crippen LogP contribution in [0.15, 0.2) is 48.5 Å². The van der Waals surface area contributed by atoms with Crippen LogP contribution in [-0.2, 0) is 0 Å². The second kappa shape index (κ2) is 5.99. The Morgan fingerprint density at radius 3 is 2.77 bits per heavy atom. The van der Waals surface area contributed by atoms with E-state index in [0.717, 1.165) is 27.8 Å². The Balaban J connectivity index is 1.53. The van der Waals surface area contributed by atoms with E-state index in [0.29, 0.717) is 17.4 Å². The average molecular weight is 366 g/mol. The summed E-state index contributed by atoms with van der Waals surface area (Å²) in [6.07, 6.45) is -0.276. The SMILES string of the molecule is COc1ccccc1-c1nnc2sc([C@H]3COc4ccccc4O3)nn12. The van der Waals surface area contributed by atoms with Gasteiger partial charge < -0.3 is 14.2 Å². The minimum atomic E-state index is -0.276. The highest BCUT2D eigenvalue weighted by Gasteiger charge is 2.27. The van der Waals surface area contributed by atoms with Crippen molar-refractivity contribution in [1.82, 2.24) is 19.8 Å². The second-order valence-electron chi connectivity index (χ2n) is 5.72. The number of methoxy groups -OCH3 is 1. The summed E-state index contributed by atoms with van der Waals surface area (Å²) >= 11 is 1.44. The number of aromatic nitrogens is 4. The van der Waals surface area contributed by atoms with Gasteiger partial charge in [-0.25, -0.2) is 0 Å². The van der Waals surface area contributed by atoms with Crippen molar-refractivity contribution >= 4 is 16.3 Å². The minimum Gasteiger partial charge on any atom is -0.496 e. The Morgan fingerprint density at radius 1 is 1.08 bits per heavy atom. The van der Waals surface area contributed by atoms with Crippen LogP contribution in [0.5, 0.6) is 17.2 Å². The fraction of sp³-hybridized carbons (Fsp3) is 0.167. The molecule has 0 fully saturated rings. The van der Waals surface area contributed by atoms with Gasteiger partial charge in [-0.05, 0) is 24.3 Å². The van der Waals surface area contributed by atoms with Crippen LogP contribution in [0.2, 0.25) is 0 Å². The number of ether oxygens (including phenoxy) is 3. The first-order valence-electron chi connectivity index (χ1n) is 8.07. The number of para-hydroxylation sites is 3. The minimum absolute atomic E-state index is 0.276. The molecular formula is C18H14N4O3S. The molecule has 8 heteroatoms. The van der Waals surface area contributed by atoms with Crippen molar-refractivity contribution in [2.24, 2.45) is 0 Å². The molecule has 1 aliphatic rings. The molecule has 0 aliphatic carbocycles. The van der Waals surface area contributed by atoms with Gasteiger partial charge in [0.2, 0.25) is 4.96 Å². The number of nitrogens with zero attached hydrogens (tertiary/aromatic N) is 4. The van der Waals surface area contributed by atoms with Gasteiger partial charge in [0.25, 0.3) is 0 Å². The molecule has 2 aromatic heterocycles. The van der Waals surface area contributed by atoms with Gasteiger partial charge in [-0.3, -0.25) is 0 Å². The number of rotatable bonds is 3. The number of hydrogen-bond donors (Lipinski definition) is 0. The summed E-state index contributed by atoms with van der Waals surface area (Å²) in [5.41, 5.74) is 0.838. The van der Waals surface area contributed by atoms with Crippen LogP contribution in [0.4, 0.5) is 0 Å². The highest BCUT2D eigenvalue weighted by molar-refractivity contribution is 7.16. The molecule has 0 radical (unpaired) electrons. The third kappa shape index (κ3) is 2.38. The van der Waals surface area contributed by atoms with Crippen LogP contribution >= 0.6 is 11.3 Å². The van der Waals surface area contributed by atoms with E-state index < -0.39 is 0 Å². The smallest absolute Gasteiger partial charge is 0.235 e. The van der Waals surface area contributed by atoms with Crippen molar-refractivity contribution in [3.63, 3.8) is 0 Å². The van der Waals surface area contributed by atoms with Gasteiger partial charge in [0, 0.05) is 0 Å². The number of fused-ring (bicyclic) bond motifs is 2. The molecule has 1 aliphatic heterocycles. The lowest BCUT2D eigenvalue weighted by atomic mass is 10.2. The molecule has 0 unspecified atom stereocenters. The second-order valence-corrected chi connectivity index (χ2v) is 6.71. The summed E-state index contributed by atoms with van der Waals surface area (Å²) in [6, 6.07) is 15.3. The number of benzene rings is 2. The van der Waals surface area contributed by atoms with Crippen LogP contribution in [0.3, 0.4) is 0 Å². The lowest BCUT2D eigenvalue weighted by Gasteiger charge is -2.24. The summed E-state index contributed by atoms with van der Waals surface area (Å²) in [6.45, 7) is 0.408. The van der Waals surface area contributed by atoms with Crippen LogP contribution in [0.25, 0.3) is 16.3 Å². The predicted molar refractivity (Wildman–Crippen MR) is 96.0 cm³/mol. The van der Waals surface area contributed by atoms with Crippen molar-refractivity contribution in [3.8, 4) is 28.6 Å². The lowest BCUT2D eigenvalue weighted by Crippen LogP contribution is -2.21. The first-order valence-corrected chi connectivity index (χ1v) is 8.89. The molecule has 0 saturated heterocycles. The van der Waals surface area contributed by atoms with Gasteiger partial charge in [0.05, 0.1) is 12.7 Å². The highest BCUT2D eigenvalue weighted by atomic mass is 32.1. The van der Waals surface area contributed by atoms with Crippen molar-refractivity contribution < 1.29 is 14.2 Å². The molecule has 5 rings (SSSR count). The highest BCUT2D eigenvalue weighted by Crippen LogP contribution is 2.37. The molecule has 130 valence electrons. The lowest BCUT2D eigenvalue weighted by molar-refractivity contribution is 0.0904. The van der Waals surface area contributed by atoms with Gasteiger partial charge in [-0.15, -0.1) is 10.2 Å². The molecule has 0 saturated carbocycles. The van der Waals surface area contributed by atoms with Crippen LogP contribution in [0.1, 0.15) is 11.1 Å². The standard InChI is InChI=1S/C18H14N4O3S/c1-23-12-7-3-2-6-11(12)16-19-20-18-22(16)21-17(26-18)15-10-24-13-8-4-5-9-14(13)25-15/h2-9,15H,10H2,1H3/t15-/m1/s1. The first-order chi connectivity index (χ1) is 12.8. The summed E-state index contributed by atoms with van der Waals surface area (Å²) in [4.78, 5) is 0.698. The summed E-state index contributed by atoms with van der Waals surface area (Å²) in [5.74, 6) is 2.83. The Morgan fingerprint density at radius 2 is 1.88 bits per heavy atom. The van der Waals surface area contributed by atoms with Gasteiger partial charge in [-0.2, -0.15) is 9.61 Å². The normalized spacial score (nSPS) is 16.0. The predicted octanol–water partition coefficient (Wildman–Crippen LogP) is 3.37. The molecule has 2 aromatic carbocycles. The maximum Gasteiger partial charge on any atom is 0.235 e. The largest absolute Gasteiger partial charge is 0.496 e. The average Bonchev–Trinajstić information content (AvgIpc) is 3.28. The summed E-state index contributed by atoms with van der Waals surface area (Å²) in [5, 5.41) is 14.0. The maximum atomic E-state index is 6.04. The molecule has 26 heavy (non-hydrogen) atoms. The third-order valence-electron chi connectivity index (χ3n) is 4.14. The van der Waals surface area contributed by atoms with E-state index in [2.05, 4.69) is 15.3 Å². The van der Waals surface area contributed by atoms with Crippen molar-refractivity contribution in [3.05, 3.63) is 53.5 Å². The molecule has 0 spiro atoms. The van der Waals surface area contributed by atoms with E-state index in [1.165, 1.54) is 11.3 Å². The zero-order valence-electron chi connectivity index (χ0n) is 13.8. The quantitative estimate of drug-likeness (QED) is 0.554. The van der Waals surface area contributed by atoms with E-state index in [1.54, 1.807) is 11.6 Å². The maximum absolute atomic E-state index is 6.04. The fourth-order valence-corrected chi connectivity index (χ4v) is 3.75. The summed E-state index contributed by atoms with van der Waals surface area (Å²) in [7, 11) is 1.63. The topological polar surface area (TPSA) is 70.8 Å². The number of hydrogen-bond acceptors (Lipinski definition) is 7. The molecular weight excluding hydrogens is 352 g/mol. The molecule has 4 aromatic rings. The Kier molecular flexibility index (Phi) is 3.49. The molecule has 0 amide bonds. The van der Waals surface area contributed by atoms with E-state index >= 15 is 0 Å². The molecule has 1 atom stereocenters. The Hall–Kier alpha value is -3.13. The van der Waals surface area contributed by atoms with Crippen molar-refractivity contribution in [2.45, 2.75) is 6.10 Å². The van der Waals surface area contributed by atoms with Gasteiger partial charge in [-0.1, -0.05) is 35.6 Å². The van der Waals surface area contributed by atoms with Crippen molar-refractivity contribution in [1.29, 1.82) is 0 Å². The van der Waals surface area contributed by atoms with Gasteiger partial charge in [0.15, 0.2) is 28.4 Å². The molecule has 7 nitrogen and oxygen atoms in total. The van der Waals surface area contributed by atoms with Crippen LogP contribution in [-0.4, -0.2) is 33.5 Å². The molecule has 0 bridgehead atoms. The van der Waals surface area contributed by atoms with Gasteiger partial charge in [0.1, 0.15) is 12.4 Å². The Labute approximate surface area is 152 Å².